The summed E-state index contributed by atoms with van der Waals surface area (Å²) in [4.78, 5) is 33.8. The minimum atomic E-state index is -0.200. The lowest BCUT2D eigenvalue weighted by Gasteiger charge is -2.30. The van der Waals surface area contributed by atoms with Crippen LogP contribution in [-0.4, -0.2) is 52.8 Å². The number of halogens is 1. The van der Waals surface area contributed by atoms with E-state index in [-0.39, 0.29) is 24.4 Å². The van der Waals surface area contributed by atoms with Crippen LogP contribution in [-0.2, 0) is 17.8 Å². The number of hydrogen-bond donors (Lipinski definition) is 1. The van der Waals surface area contributed by atoms with Crippen LogP contribution < -0.4 is 4.74 Å². The molecule has 2 amide bonds. The molecule has 37 heavy (non-hydrogen) atoms. The van der Waals surface area contributed by atoms with Crippen molar-refractivity contribution >= 4 is 34.3 Å². The maximum atomic E-state index is 13.7. The maximum absolute atomic E-state index is 13.7. The summed E-state index contributed by atoms with van der Waals surface area (Å²) in [6, 6.07) is 22.4. The Morgan fingerprint density at radius 2 is 1.65 bits per heavy atom. The number of aromatic nitrogens is 1. The lowest BCUT2D eigenvalue weighted by atomic mass is 10.1. The zero-order valence-electron chi connectivity index (χ0n) is 21.4. The predicted molar refractivity (Wildman–Crippen MR) is 148 cm³/mol. The van der Waals surface area contributed by atoms with E-state index in [1.165, 1.54) is 0 Å². The summed E-state index contributed by atoms with van der Waals surface area (Å²) in [5, 5.41) is 1.71. The number of nitrogens with one attached hydrogen (secondary N) is 1. The number of rotatable bonds is 10. The van der Waals surface area contributed by atoms with Crippen molar-refractivity contribution in [1.82, 2.24) is 14.8 Å². The molecule has 192 valence electrons. The Kier molecular flexibility index (Phi) is 8.51. The Labute approximate surface area is 222 Å². The summed E-state index contributed by atoms with van der Waals surface area (Å²) in [7, 11) is 1.63. The summed E-state index contributed by atoms with van der Waals surface area (Å²) in [5.41, 5.74) is 3.63. The van der Waals surface area contributed by atoms with E-state index in [2.05, 4.69) is 11.1 Å². The molecule has 1 heterocycles. The number of carbonyl (C=O) groups is 2. The molecule has 0 radical (unpaired) electrons. The molecule has 4 rings (SSSR count). The Bertz CT molecular complexity index is 1360. The van der Waals surface area contributed by atoms with E-state index in [9.17, 15) is 9.59 Å². The molecule has 0 saturated heterocycles. The monoisotopic (exact) mass is 517 g/mol. The normalized spacial score (nSPS) is 11.1. The largest absolute Gasteiger partial charge is 0.496 e. The number of nitrogens with zero attached hydrogens (tertiary/aromatic N) is 2. The number of ether oxygens (including phenoxy) is 1. The number of benzene rings is 3. The Morgan fingerprint density at radius 1 is 0.946 bits per heavy atom. The number of H-pyrrole nitrogens is 1. The van der Waals surface area contributed by atoms with Gasteiger partial charge in [-0.25, -0.2) is 0 Å². The van der Waals surface area contributed by atoms with E-state index < -0.39 is 0 Å². The third kappa shape index (κ3) is 6.33. The number of hydrogen-bond acceptors (Lipinski definition) is 3. The van der Waals surface area contributed by atoms with Crippen LogP contribution in [0.15, 0.2) is 79.0 Å². The molecule has 7 heteroatoms. The lowest BCUT2D eigenvalue weighted by molar-refractivity contribution is -0.132. The first-order valence-electron chi connectivity index (χ1n) is 12.4. The van der Waals surface area contributed by atoms with Crippen LogP contribution in [0.4, 0.5) is 0 Å². The lowest BCUT2D eigenvalue weighted by Crippen LogP contribution is -2.46. The summed E-state index contributed by atoms with van der Waals surface area (Å²) < 4.78 is 5.54. The number of fused-ring (bicyclic) bond motifs is 1. The minimum absolute atomic E-state index is 0.0256. The molecule has 0 aliphatic carbocycles. The smallest absolute Gasteiger partial charge is 0.254 e. The summed E-state index contributed by atoms with van der Waals surface area (Å²) >= 11 is 6.00. The Balaban J connectivity index is 1.57. The van der Waals surface area contributed by atoms with Gasteiger partial charge in [0.1, 0.15) is 12.3 Å². The van der Waals surface area contributed by atoms with Crippen LogP contribution in [0.1, 0.15) is 35.3 Å². The van der Waals surface area contributed by atoms with E-state index in [0.29, 0.717) is 30.1 Å². The zero-order chi connectivity index (χ0) is 26.4. The fourth-order valence-corrected chi connectivity index (χ4v) is 4.54. The van der Waals surface area contributed by atoms with Crippen molar-refractivity contribution < 1.29 is 14.3 Å². The zero-order valence-corrected chi connectivity index (χ0v) is 22.2. The second-order valence-electron chi connectivity index (χ2n) is 9.27. The first-order chi connectivity index (χ1) is 17.9. The van der Waals surface area contributed by atoms with Crippen LogP contribution in [0.3, 0.4) is 0 Å². The predicted octanol–water partition coefficient (Wildman–Crippen LogP) is 5.95. The quantitative estimate of drug-likeness (QED) is 0.282. The van der Waals surface area contributed by atoms with E-state index in [0.717, 1.165) is 27.8 Å². The first-order valence-corrected chi connectivity index (χ1v) is 12.8. The van der Waals surface area contributed by atoms with Gasteiger partial charge in [0, 0.05) is 52.4 Å². The highest BCUT2D eigenvalue weighted by Gasteiger charge is 2.25. The number of para-hydroxylation sites is 2. The number of amides is 2. The van der Waals surface area contributed by atoms with E-state index in [4.69, 9.17) is 16.3 Å². The van der Waals surface area contributed by atoms with Crippen molar-refractivity contribution in [1.29, 1.82) is 0 Å². The second-order valence-corrected chi connectivity index (χ2v) is 9.71. The summed E-state index contributed by atoms with van der Waals surface area (Å²) in [5.74, 6) is 0.404. The number of carbonyl (C=O) groups excluding carboxylic acids is 2. The fraction of sp³-hybridized carbons (Fsp3) is 0.267. The average Bonchev–Trinajstić information content (AvgIpc) is 3.32. The molecule has 0 fully saturated rings. The van der Waals surface area contributed by atoms with Crippen LogP contribution in [0.5, 0.6) is 5.75 Å². The van der Waals surface area contributed by atoms with Crippen LogP contribution in [0.2, 0.25) is 5.02 Å². The molecule has 3 aromatic carbocycles. The van der Waals surface area contributed by atoms with Gasteiger partial charge < -0.3 is 19.5 Å². The summed E-state index contributed by atoms with van der Waals surface area (Å²) in [6.07, 6.45) is 2.68. The molecule has 0 atom stereocenters. The van der Waals surface area contributed by atoms with Gasteiger partial charge in [0.05, 0.1) is 7.11 Å². The third-order valence-corrected chi connectivity index (χ3v) is 6.77. The van der Waals surface area contributed by atoms with Crippen molar-refractivity contribution in [3.8, 4) is 5.75 Å². The van der Waals surface area contributed by atoms with Crippen molar-refractivity contribution in [3.05, 3.63) is 101 Å². The molecule has 0 bridgehead atoms. The molecule has 1 N–H and O–H groups in total. The van der Waals surface area contributed by atoms with Gasteiger partial charge in [0.25, 0.3) is 5.91 Å². The molecule has 0 saturated carbocycles. The van der Waals surface area contributed by atoms with Crippen molar-refractivity contribution in [2.24, 2.45) is 0 Å². The van der Waals surface area contributed by atoms with Gasteiger partial charge in [-0.1, -0.05) is 48.0 Å². The highest BCUT2D eigenvalue weighted by atomic mass is 35.5. The molecular weight excluding hydrogens is 486 g/mol. The van der Waals surface area contributed by atoms with E-state index >= 15 is 0 Å². The number of aromatic amines is 1. The standard InChI is InChI=1S/C30H32ClN3O3/c1-21(2)34(30(36)22-12-14-25(31)15-13-22)20-29(35)33(19-24-8-4-7-11-28(24)37-3)17-16-23-18-32-27-10-6-5-9-26(23)27/h4-15,18,21,32H,16-17,19-20H2,1-3H3. The first kappa shape index (κ1) is 26.3. The third-order valence-electron chi connectivity index (χ3n) is 6.51. The molecule has 1 aromatic heterocycles. The van der Waals surface area contributed by atoms with Gasteiger partial charge in [-0.05, 0) is 62.2 Å². The van der Waals surface area contributed by atoms with Crippen molar-refractivity contribution in [3.63, 3.8) is 0 Å². The minimum Gasteiger partial charge on any atom is -0.496 e. The highest BCUT2D eigenvalue weighted by molar-refractivity contribution is 6.30. The van der Waals surface area contributed by atoms with E-state index in [1.807, 2.05) is 67.4 Å². The van der Waals surface area contributed by atoms with Gasteiger partial charge in [-0.3, -0.25) is 9.59 Å². The van der Waals surface area contributed by atoms with Crippen LogP contribution >= 0.6 is 11.6 Å². The van der Waals surface area contributed by atoms with Crippen molar-refractivity contribution in [2.45, 2.75) is 32.9 Å². The van der Waals surface area contributed by atoms with Gasteiger partial charge >= 0.3 is 0 Å². The number of methoxy groups -OCH3 is 1. The molecule has 0 aliphatic heterocycles. The van der Waals surface area contributed by atoms with Crippen molar-refractivity contribution in [2.75, 3.05) is 20.2 Å². The average molecular weight is 518 g/mol. The summed E-state index contributed by atoms with van der Waals surface area (Å²) in [6.45, 7) is 4.68. The van der Waals surface area contributed by atoms with Gasteiger partial charge in [-0.15, -0.1) is 0 Å². The molecule has 0 spiro atoms. The van der Waals surface area contributed by atoms with Crippen LogP contribution in [0, 0.1) is 0 Å². The Morgan fingerprint density at radius 3 is 2.38 bits per heavy atom. The van der Waals surface area contributed by atoms with Gasteiger partial charge in [0.2, 0.25) is 5.91 Å². The SMILES string of the molecule is COc1ccccc1CN(CCc1c[nH]c2ccccc12)C(=O)CN(C(=O)c1ccc(Cl)cc1)C(C)C. The topological polar surface area (TPSA) is 65.6 Å². The van der Waals surface area contributed by atoms with Gasteiger partial charge in [-0.2, -0.15) is 0 Å². The molecule has 0 unspecified atom stereocenters. The fourth-order valence-electron chi connectivity index (χ4n) is 4.42. The van der Waals surface area contributed by atoms with Crippen LogP contribution in [0.25, 0.3) is 10.9 Å². The highest BCUT2D eigenvalue weighted by Crippen LogP contribution is 2.22. The molecular formula is C30H32ClN3O3. The molecule has 4 aromatic rings. The molecule has 6 nitrogen and oxygen atoms in total. The Hall–Kier alpha value is -3.77. The van der Waals surface area contributed by atoms with Gasteiger partial charge in [0.15, 0.2) is 0 Å². The molecule has 0 aliphatic rings. The second kappa shape index (κ2) is 12.0. The van der Waals surface area contributed by atoms with E-state index in [1.54, 1.807) is 36.3 Å². The maximum Gasteiger partial charge on any atom is 0.254 e.